The van der Waals surface area contributed by atoms with E-state index in [1.165, 1.54) is 24.8 Å². The highest BCUT2D eigenvalue weighted by molar-refractivity contribution is 7.99. The summed E-state index contributed by atoms with van der Waals surface area (Å²) < 4.78 is 7.92. The lowest BCUT2D eigenvalue weighted by Crippen LogP contribution is -2.09. The number of hydrogen-bond donors (Lipinski definition) is 2. The molecule has 0 spiro atoms. The first-order valence-corrected chi connectivity index (χ1v) is 13.2. The lowest BCUT2D eigenvalue weighted by atomic mass is 10.0. The number of aryl methyl sites for hydroxylation is 1. The number of aliphatic carboxylic acids is 2. The van der Waals surface area contributed by atoms with Crippen LogP contribution in [0.4, 0.5) is 0 Å². The normalized spacial score (nSPS) is 11.4. The Bertz CT molecular complexity index is 1240. The van der Waals surface area contributed by atoms with E-state index in [0.29, 0.717) is 12.5 Å². The molecule has 0 aliphatic carbocycles. The van der Waals surface area contributed by atoms with E-state index in [9.17, 15) is 0 Å². The van der Waals surface area contributed by atoms with E-state index >= 15 is 0 Å². The van der Waals surface area contributed by atoms with Gasteiger partial charge in [0.05, 0.1) is 30.4 Å². The summed E-state index contributed by atoms with van der Waals surface area (Å²) >= 11 is 1.86. The molecule has 37 heavy (non-hydrogen) atoms. The molecular weight excluding hydrogens is 490 g/mol. The molecule has 0 aliphatic heterocycles. The molecule has 3 rings (SSSR count). The zero-order chi connectivity index (χ0) is 27.5. The molecule has 0 amide bonds. The number of carbonyl (C=O) groups is 2. The van der Waals surface area contributed by atoms with Gasteiger partial charge in [0, 0.05) is 23.1 Å². The van der Waals surface area contributed by atoms with Crippen molar-refractivity contribution in [1.29, 1.82) is 0 Å². The van der Waals surface area contributed by atoms with Crippen molar-refractivity contribution < 1.29 is 24.5 Å². The largest absolute Gasteiger partial charge is 0.496 e. The van der Waals surface area contributed by atoms with E-state index in [-0.39, 0.29) is 0 Å². The summed E-state index contributed by atoms with van der Waals surface area (Å²) in [5.74, 6) is -0.937. The number of allylic oxidation sites excluding steroid dienone is 2. The van der Waals surface area contributed by atoms with Crippen molar-refractivity contribution in [2.45, 2.75) is 65.6 Å². The predicted molar refractivity (Wildman–Crippen MR) is 148 cm³/mol. The number of aromatic nitrogens is 3. The third-order valence-electron chi connectivity index (χ3n) is 5.91. The van der Waals surface area contributed by atoms with Crippen LogP contribution in [0.1, 0.15) is 56.9 Å². The Morgan fingerprint density at radius 3 is 2.43 bits per heavy atom. The number of hydrogen-bond acceptors (Lipinski definition) is 6. The number of nitrogens with zero attached hydrogens (tertiary/aromatic N) is 3. The minimum Gasteiger partial charge on any atom is -0.496 e. The van der Waals surface area contributed by atoms with Gasteiger partial charge >= 0.3 is 11.9 Å². The second-order valence-corrected chi connectivity index (χ2v) is 10.3. The number of pyridine rings is 1. The SMILES string of the molecule is COc1c(C)cnc(Cn2c(SCCC(C)CCC=C(C)C)nc3ccccc32)c1C.O=C(O)C(=O)O. The molecular formula is C28H37N3O5S. The number of ether oxygens (including phenoxy) is 1. The maximum atomic E-state index is 9.10. The molecule has 1 aromatic carbocycles. The molecule has 200 valence electrons. The van der Waals surface area contributed by atoms with Crippen LogP contribution in [0, 0.1) is 19.8 Å². The molecule has 1 atom stereocenters. The molecule has 0 fully saturated rings. The summed E-state index contributed by atoms with van der Waals surface area (Å²) in [5, 5.41) is 15.9. The van der Waals surface area contributed by atoms with Crippen LogP contribution >= 0.6 is 11.8 Å². The number of methoxy groups -OCH3 is 1. The summed E-state index contributed by atoms with van der Waals surface area (Å²) in [6.07, 6.45) is 7.86. The number of fused-ring (bicyclic) bond motifs is 1. The number of benzene rings is 1. The maximum Gasteiger partial charge on any atom is 0.414 e. The van der Waals surface area contributed by atoms with Gasteiger partial charge in [-0.1, -0.05) is 42.5 Å². The molecule has 0 bridgehead atoms. The van der Waals surface area contributed by atoms with E-state index < -0.39 is 11.9 Å². The molecule has 0 saturated heterocycles. The van der Waals surface area contributed by atoms with Gasteiger partial charge in [-0.3, -0.25) is 4.98 Å². The van der Waals surface area contributed by atoms with Crippen molar-refractivity contribution in [2.24, 2.45) is 5.92 Å². The van der Waals surface area contributed by atoms with Crippen molar-refractivity contribution in [2.75, 3.05) is 12.9 Å². The van der Waals surface area contributed by atoms with Crippen LogP contribution in [0.5, 0.6) is 5.75 Å². The fourth-order valence-corrected chi connectivity index (χ4v) is 5.03. The Labute approximate surface area is 222 Å². The van der Waals surface area contributed by atoms with Gasteiger partial charge in [-0.25, -0.2) is 14.6 Å². The molecule has 2 heterocycles. The van der Waals surface area contributed by atoms with Gasteiger partial charge in [-0.15, -0.1) is 0 Å². The average Bonchev–Trinajstić information content (AvgIpc) is 3.18. The second kappa shape index (κ2) is 14.4. The van der Waals surface area contributed by atoms with Crippen molar-refractivity contribution in [3.05, 3.63) is 58.9 Å². The molecule has 2 N–H and O–H groups in total. The molecule has 2 aromatic heterocycles. The highest BCUT2D eigenvalue weighted by Crippen LogP contribution is 2.29. The fourth-order valence-electron chi connectivity index (χ4n) is 3.85. The number of para-hydroxylation sites is 2. The minimum absolute atomic E-state index is 0.696. The zero-order valence-electron chi connectivity index (χ0n) is 22.4. The Morgan fingerprint density at radius 1 is 1.14 bits per heavy atom. The second-order valence-electron chi connectivity index (χ2n) is 9.23. The summed E-state index contributed by atoms with van der Waals surface area (Å²) in [6.45, 7) is 11.5. The number of rotatable bonds is 10. The maximum absolute atomic E-state index is 9.10. The molecule has 1 unspecified atom stereocenters. The van der Waals surface area contributed by atoms with Gasteiger partial charge in [0.25, 0.3) is 0 Å². The van der Waals surface area contributed by atoms with Crippen molar-refractivity contribution in [3.63, 3.8) is 0 Å². The highest BCUT2D eigenvalue weighted by Gasteiger charge is 2.16. The molecule has 3 aromatic rings. The van der Waals surface area contributed by atoms with Gasteiger partial charge in [-0.05, 0) is 65.0 Å². The van der Waals surface area contributed by atoms with Gasteiger partial charge < -0.3 is 19.5 Å². The highest BCUT2D eigenvalue weighted by atomic mass is 32.2. The van der Waals surface area contributed by atoms with Crippen LogP contribution in [0.2, 0.25) is 0 Å². The van der Waals surface area contributed by atoms with Gasteiger partial charge in [0.15, 0.2) is 5.16 Å². The number of thioether (sulfide) groups is 1. The van der Waals surface area contributed by atoms with Crippen molar-refractivity contribution in [3.8, 4) is 5.75 Å². The summed E-state index contributed by atoms with van der Waals surface area (Å²) in [4.78, 5) is 27.9. The smallest absolute Gasteiger partial charge is 0.414 e. The minimum atomic E-state index is -1.82. The van der Waals surface area contributed by atoms with Gasteiger partial charge in [-0.2, -0.15) is 0 Å². The van der Waals surface area contributed by atoms with Crippen LogP contribution in [-0.4, -0.2) is 49.5 Å². The monoisotopic (exact) mass is 527 g/mol. The lowest BCUT2D eigenvalue weighted by Gasteiger charge is -2.15. The molecule has 9 heteroatoms. The average molecular weight is 528 g/mol. The third kappa shape index (κ3) is 8.93. The quantitative estimate of drug-likeness (QED) is 0.184. The predicted octanol–water partition coefficient (Wildman–Crippen LogP) is 6.13. The summed E-state index contributed by atoms with van der Waals surface area (Å²) in [6, 6.07) is 8.37. The first kappa shape index (κ1) is 29.9. The van der Waals surface area contributed by atoms with E-state index in [2.05, 4.69) is 62.6 Å². The molecule has 0 saturated carbocycles. The summed E-state index contributed by atoms with van der Waals surface area (Å²) in [5.41, 5.74) is 6.80. The van der Waals surface area contributed by atoms with E-state index in [1.807, 2.05) is 24.9 Å². The first-order valence-electron chi connectivity index (χ1n) is 12.2. The van der Waals surface area contributed by atoms with E-state index in [0.717, 1.165) is 44.5 Å². The molecule has 0 radical (unpaired) electrons. The van der Waals surface area contributed by atoms with Gasteiger partial charge in [0.2, 0.25) is 0 Å². The van der Waals surface area contributed by atoms with Crippen molar-refractivity contribution >= 4 is 34.7 Å². The fraction of sp³-hybridized carbons (Fsp3) is 0.429. The molecule has 0 aliphatic rings. The number of imidazole rings is 1. The van der Waals surface area contributed by atoms with Crippen LogP contribution in [-0.2, 0) is 16.1 Å². The van der Waals surface area contributed by atoms with Crippen LogP contribution in [0.15, 0.2) is 47.3 Å². The zero-order valence-corrected chi connectivity index (χ0v) is 23.3. The van der Waals surface area contributed by atoms with Crippen molar-refractivity contribution in [1.82, 2.24) is 14.5 Å². The first-order chi connectivity index (χ1) is 17.5. The third-order valence-corrected chi connectivity index (χ3v) is 6.92. The topological polar surface area (TPSA) is 115 Å². The molecule has 8 nitrogen and oxygen atoms in total. The standard InChI is InChI=1S/C26H35N3OS.C2H2O4/c1-18(2)10-9-11-19(3)14-15-31-26-28-22-12-7-8-13-24(22)29(26)17-23-21(5)25(30-6)20(4)16-27-23;3-1(4)2(5)6/h7-8,10,12-13,16,19H,9,11,14-15,17H2,1-6H3;(H,3,4)(H,5,6). The van der Waals surface area contributed by atoms with E-state index in [1.54, 1.807) is 7.11 Å². The van der Waals surface area contributed by atoms with Crippen LogP contribution in [0.3, 0.4) is 0 Å². The Kier molecular flexibility index (Phi) is 11.7. The van der Waals surface area contributed by atoms with Gasteiger partial charge in [0.1, 0.15) is 5.75 Å². The number of carboxylic acid groups (broad SMARTS) is 2. The summed E-state index contributed by atoms with van der Waals surface area (Å²) in [7, 11) is 1.73. The Morgan fingerprint density at radius 2 is 1.81 bits per heavy atom. The van der Waals surface area contributed by atoms with Crippen LogP contribution < -0.4 is 4.74 Å². The lowest BCUT2D eigenvalue weighted by molar-refractivity contribution is -0.159. The Balaban J connectivity index is 0.000000717. The Hall–Kier alpha value is -3.33. The number of carboxylic acids is 2. The van der Waals surface area contributed by atoms with E-state index in [4.69, 9.17) is 34.5 Å². The van der Waals surface area contributed by atoms with Crippen LogP contribution in [0.25, 0.3) is 11.0 Å².